The van der Waals surface area contributed by atoms with Crippen molar-refractivity contribution in [3.8, 4) is 0 Å². The number of likely N-dealkylation sites (tertiary alicyclic amines) is 2. The smallest absolute Gasteiger partial charge is 0.285 e. The second kappa shape index (κ2) is 7.92. The highest BCUT2D eigenvalue weighted by atomic mass is 32.2. The van der Waals surface area contributed by atoms with Crippen molar-refractivity contribution in [2.45, 2.75) is 36.6 Å². The van der Waals surface area contributed by atoms with Gasteiger partial charge in [-0.2, -0.15) is 8.42 Å². The van der Waals surface area contributed by atoms with E-state index in [1.165, 1.54) is 0 Å². The summed E-state index contributed by atoms with van der Waals surface area (Å²) in [5, 5.41) is 1.03. The van der Waals surface area contributed by atoms with Crippen LogP contribution in [0.15, 0.2) is 57.8 Å². The molecule has 0 radical (unpaired) electrons. The van der Waals surface area contributed by atoms with Crippen LogP contribution in [0.3, 0.4) is 0 Å². The van der Waals surface area contributed by atoms with Gasteiger partial charge in [-0.05, 0) is 49.9 Å². The second-order valence-corrected chi connectivity index (χ2v) is 11.5. The molecule has 2 fully saturated rings. The SMILES string of the molecule is O=C(C1CCN(C2=NS(=O)(=O)c3ccccc32)CC1)N1CCCC1c1nc2ccccc2s1. The van der Waals surface area contributed by atoms with Crippen molar-refractivity contribution >= 4 is 43.3 Å². The first-order chi connectivity index (χ1) is 16.0. The molecule has 1 aromatic heterocycles. The summed E-state index contributed by atoms with van der Waals surface area (Å²) in [6, 6.07) is 15.1. The van der Waals surface area contributed by atoms with Gasteiger partial charge >= 0.3 is 0 Å². The number of amidine groups is 1. The van der Waals surface area contributed by atoms with Gasteiger partial charge in [0.25, 0.3) is 10.0 Å². The Morgan fingerprint density at radius 2 is 1.73 bits per heavy atom. The Labute approximate surface area is 196 Å². The Hall–Kier alpha value is -2.78. The molecule has 33 heavy (non-hydrogen) atoms. The molecule has 3 aromatic rings. The van der Waals surface area contributed by atoms with Crippen LogP contribution < -0.4 is 0 Å². The lowest BCUT2D eigenvalue weighted by Crippen LogP contribution is -2.44. The number of aromatic nitrogens is 1. The number of carbonyl (C=O) groups excluding carboxylic acids is 1. The van der Waals surface area contributed by atoms with E-state index in [1.807, 2.05) is 40.1 Å². The summed E-state index contributed by atoms with van der Waals surface area (Å²) in [6.45, 7) is 2.02. The maximum atomic E-state index is 13.5. The van der Waals surface area contributed by atoms with Gasteiger partial charge in [0, 0.05) is 31.1 Å². The van der Waals surface area contributed by atoms with Gasteiger partial charge in [-0.1, -0.05) is 24.3 Å². The predicted octanol–water partition coefficient (Wildman–Crippen LogP) is 3.82. The van der Waals surface area contributed by atoms with Crippen LogP contribution in [-0.4, -0.2) is 54.6 Å². The summed E-state index contributed by atoms with van der Waals surface area (Å²) < 4.78 is 30.0. The number of rotatable bonds is 2. The molecule has 2 saturated heterocycles. The summed E-state index contributed by atoms with van der Waals surface area (Å²) >= 11 is 1.69. The van der Waals surface area contributed by atoms with Gasteiger partial charge in [0.05, 0.1) is 16.3 Å². The fraction of sp³-hybridized carbons (Fsp3) is 0.375. The molecule has 9 heteroatoms. The van der Waals surface area contributed by atoms with E-state index in [4.69, 9.17) is 4.98 Å². The van der Waals surface area contributed by atoms with Crippen LogP contribution in [0.5, 0.6) is 0 Å². The minimum absolute atomic E-state index is 0.0508. The van der Waals surface area contributed by atoms with E-state index in [1.54, 1.807) is 23.5 Å². The first-order valence-corrected chi connectivity index (χ1v) is 13.6. The van der Waals surface area contributed by atoms with Gasteiger partial charge in [-0.25, -0.2) is 4.98 Å². The highest BCUT2D eigenvalue weighted by Gasteiger charge is 2.38. The van der Waals surface area contributed by atoms with E-state index in [2.05, 4.69) is 10.5 Å². The summed E-state index contributed by atoms with van der Waals surface area (Å²) in [7, 11) is -3.63. The van der Waals surface area contributed by atoms with Crippen LogP contribution in [0, 0.1) is 5.92 Å². The molecular formula is C24H24N4O3S2. The Bertz CT molecular complexity index is 1340. The summed E-state index contributed by atoms with van der Waals surface area (Å²) in [5.74, 6) is 0.674. The van der Waals surface area contributed by atoms with E-state index >= 15 is 0 Å². The molecule has 3 aliphatic rings. The molecule has 1 amide bonds. The lowest BCUT2D eigenvalue weighted by atomic mass is 9.94. The zero-order valence-electron chi connectivity index (χ0n) is 18.1. The van der Waals surface area contributed by atoms with Crippen LogP contribution >= 0.6 is 11.3 Å². The van der Waals surface area contributed by atoms with Crippen LogP contribution in [-0.2, 0) is 14.8 Å². The molecular weight excluding hydrogens is 456 g/mol. The molecule has 3 aliphatic heterocycles. The zero-order valence-corrected chi connectivity index (χ0v) is 19.7. The minimum Gasteiger partial charge on any atom is -0.355 e. The highest BCUT2D eigenvalue weighted by molar-refractivity contribution is 7.90. The lowest BCUT2D eigenvalue weighted by Gasteiger charge is -2.35. The fourth-order valence-corrected chi connectivity index (χ4v) is 7.55. The summed E-state index contributed by atoms with van der Waals surface area (Å²) in [5.41, 5.74) is 1.66. The third-order valence-electron chi connectivity index (χ3n) is 6.89. The maximum Gasteiger partial charge on any atom is 0.285 e. The molecule has 0 aliphatic carbocycles. The Morgan fingerprint density at radius 1 is 0.970 bits per heavy atom. The van der Waals surface area contributed by atoms with E-state index in [9.17, 15) is 13.2 Å². The van der Waals surface area contributed by atoms with Crippen molar-refractivity contribution in [1.82, 2.24) is 14.8 Å². The fourth-order valence-electron chi connectivity index (χ4n) is 5.21. The van der Waals surface area contributed by atoms with Gasteiger partial charge in [0.1, 0.15) is 9.90 Å². The average molecular weight is 481 g/mol. The van der Waals surface area contributed by atoms with Crippen molar-refractivity contribution in [3.05, 3.63) is 59.1 Å². The number of para-hydroxylation sites is 1. The first-order valence-electron chi connectivity index (χ1n) is 11.4. The molecule has 1 unspecified atom stereocenters. The quantitative estimate of drug-likeness (QED) is 0.557. The first kappa shape index (κ1) is 20.8. The Kier molecular flexibility index (Phi) is 4.99. The third kappa shape index (κ3) is 3.54. The van der Waals surface area contributed by atoms with Gasteiger partial charge in [0.15, 0.2) is 5.84 Å². The Morgan fingerprint density at radius 3 is 2.55 bits per heavy atom. The maximum absolute atomic E-state index is 13.5. The molecule has 0 spiro atoms. The van der Waals surface area contributed by atoms with Crippen LogP contribution in [0.2, 0.25) is 0 Å². The number of amides is 1. The number of hydrogen-bond donors (Lipinski definition) is 0. The summed E-state index contributed by atoms with van der Waals surface area (Å²) in [6.07, 6.45) is 3.35. The van der Waals surface area contributed by atoms with Gasteiger partial charge < -0.3 is 9.80 Å². The van der Waals surface area contributed by atoms with Crippen molar-refractivity contribution in [1.29, 1.82) is 0 Å². The number of carbonyl (C=O) groups is 1. The molecule has 0 bridgehead atoms. The van der Waals surface area contributed by atoms with E-state index in [0.717, 1.165) is 34.6 Å². The second-order valence-electron chi connectivity index (χ2n) is 8.86. The van der Waals surface area contributed by atoms with Gasteiger partial charge in [0.2, 0.25) is 5.91 Å². The number of benzene rings is 2. The predicted molar refractivity (Wildman–Crippen MR) is 128 cm³/mol. The molecule has 0 N–H and O–H groups in total. The van der Waals surface area contributed by atoms with Crippen molar-refractivity contribution in [3.63, 3.8) is 0 Å². The topological polar surface area (TPSA) is 82.9 Å². The molecule has 6 rings (SSSR count). The standard InChI is InChI=1S/C24H24N4O3S2/c29-24(28-13-5-8-19(28)23-25-18-7-2-3-9-20(18)32-23)16-11-14-27(15-12-16)22-17-6-1-4-10-21(17)33(30,31)26-22/h1-4,6-7,9-10,16,19H,5,8,11-15H2. The monoisotopic (exact) mass is 480 g/mol. The highest BCUT2D eigenvalue weighted by Crippen LogP contribution is 2.38. The van der Waals surface area contributed by atoms with Gasteiger partial charge in [-0.3, -0.25) is 4.79 Å². The number of sulfonamides is 1. The van der Waals surface area contributed by atoms with E-state index in [0.29, 0.717) is 37.3 Å². The number of piperidine rings is 1. The molecule has 0 saturated carbocycles. The minimum atomic E-state index is -3.63. The number of nitrogens with zero attached hydrogens (tertiary/aromatic N) is 4. The van der Waals surface area contributed by atoms with Crippen molar-refractivity contribution in [2.75, 3.05) is 19.6 Å². The van der Waals surface area contributed by atoms with Crippen molar-refractivity contribution < 1.29 is 13.2 Å². The normalized spacial score (nSPS) is 22.5. The summed E-state index contributed by atoms with van der Waals surface area (Å²) in [4.78, 5) is 22.6. The molecule has 170 valence electrons. The number of hydrogen-bond acceptors (Lipinski definition) is 6. The average Bonchev–Trinajstić information content (AvgIpc) is 3.54. The zero-order chi connectivity index (χ0) is 22.6. The van der Waals surface area contributed by atoms with Crippen LogP contribution in [0.1, 0.15) is 42.3 Å². The lowest BCUT2D eigenvalue weighted by molar-refractivity contribution is -0.137. The molecule has 1 atom stereocenters. The van der Waals surface area contributed by atoms with Crippen molar-refractivity contribution in [2.24, 2.45) is 10.3 Å². The van der Waals surface area contributed by atoms with Gasteiger partial charge in [-0.15, -0.1) is 15.7 Å². The molecule has 4 heterocycles. The van der Waals surface area contributed by atoms with E-state index in [-0.39, 0.29) is 22.8 Å². The Balaban J connectivity index is 1.17. The van der Waals surface area contributed by atoms with Crippen LogP contribution in [0.25, 0.3) is 10.2 Å². The third-order valence-corrected chi connectivity index (χ3v) is 9.35. The largest absolute Gasteiger partial charge is 0.355 e. The molecule has 2 aromatic carbocycles. The molecule has 7 nitrogen and oxygen atoms in total. The van der Waals surface area contributed by atoms with Crippen LogP contribution in [0.4, 0.5) is 0 Å². The number of fused-ring (bicyclic) bond motifs is 2. The number of thiazole rings is 1. The van der Waals surface area contributed by atoms with E-state index < -0.39 is 10.0 Å².